The Balaban J connectivity index is 1.57. The van der Waals surface area contributed by atoms with Gasteiger partial charge >= 0.3 is 0 Å². The second-order valence-electron chi connectivity index (χ2n) is 6.84. The quantitative estimate of drug-likeness (QED) is 0.886. The standard InChI is InChI=1S/C20H21N3O3/c1-23-12-16(11-21-23)19(15-9-17(24)10-15)22-20(25)14-6-7-26-18-5-3-2-4-13(18)8-14/h2-8,11-12,15,17,19,24H,9-10H2,1H3,(H,22,25)/t15?,17?,19-/m1/s1. The van der Waals surface area contributed by atoms with Crippen molar-refractivity contribution in [2.24, 2.45) is 13.0 Å². The van der Waals surface area contributed by atoms with Crippen molar-refractivity contribution in [3.8, 4) is 5.75 Å². The molecule has 1 aromatic heterocycles. The van der Waals surface area contributed by atoms with Crippen LogP contribution in [-0.2, 0) is 11.8 Å². The number of aliphatic hydroxyl groups excluding tert-OH is 1. The van der Waals surface area contributed by atoms with Gasteiger partial charge in [-0.3, -0.25) is 9.48 Å². The number of nitrogens with zero attached hydrogens (tertiary/aromatic N) is 2. The van der Waals surface area contributed by atoms with Crippen LogP contribution in [0.1, 0.15) is 30.0 Å². The van der Waals surface area contributed by atoms with Crippen LogP contribution in [0.25, 0.3) is 6.08 Å². The summed E-state index contributed by atoms with van der Waals surface area (Å²) in [7, 11) is 1.85. The molecular weight excluding hydrogens is 330 g/mol. The molecule has 1 aliphatic heterocycles. The van der Waals surface area contributed by atoms with Crippen LogP contribution in [0.3, 0.4) is 0 Å². The zero-order chi connectivity index (χ0) is 18.1. The van der Waals surface area contributed by atoms with Gasteiger partial charge in [0.1, 0.15) is 5.75 Å². The van der Waals surface area contributed by atoms with Gasteiger partial charge in [0.2, 0.25) is 0 Å². The predicted octanol–water partition coefficient (Wildman–Crippen LogP) is 2.34. The molecule has 2 N–H and O–H groups in total. The first kappa shape index (κ1) is 16.6. The number of aliphatic hydroxyl groups is 1. The van der Waals surface area contributed by atoms with Crippen LogP contribution in [-0.4, -0.2) is 26.9 Å². The highest BCUT2D eigenvalue weighted by Crippen LogP contribution is 2.38. The smallest absolute Gasteiger partial charge is 0.251 e. The number of hydrogen-bond donors (Lipinski definition) is 2. The largest absolute Gasteiger partial charge is 0.464 e. The molecule has 0 unspecified atom stereocenters. The number of benzene rings is 1. The first-order valence-electron chi connectivity index (χ1n) is 8.71. The first-order chi connectivity index (χ1) is 12.6. The van der Waals surface area contributed by atoms with Crippen LogP contribution < -0.4 is 10.1 Å². The van der Waals surface area contributed by atoms with E-state index in [0.717, 1.165) is 16.9 Å². The molecule has 1 aliphatic carbocycles. The van der Waals surface area contributed by atoms with Gasteiger partial charge in [0, 0.05) is 29.9 Å². The maximum atomic E-state index is 12.9. The van der Waals surface area contributed by atoms with Crippen LogP contribution in [0.5, 0.6) is 5.75 Å². The van der Waals surface area contributed by atoms with Gasteiger partial charge in [0.05, 0.1) is 24.6 Å². The van der Waals surface area contributed by atoms with Crippen molar-refractivity contribution in [2.45, 2.75) is 25.0 Å². The minimum absolute atomic E-state index is 0.170. The molecule has 6 nitrogen and oxygen atoms in total. The number of hydrogen-bond acceptors (Lipinski definition) is 4. The van der Waals surface area contributed by atoms with E-state index in [1.807, 2.05) is 43.6 Å². The van der Waals surface area contributed by atoms with Crippen LogP contribution in [0, 0.1) is 5.92 Å². The second-order valence-corrected chi connectivity index (χ2v) is 6.84. The van der Waals surface area contributed by atoms with Crippen molar-refractivity contribution in [1.82, 2.24) is 15.1 Å². The van der Waals surface area contributed by atoms with Crippen LogP contribution in [0.2, 0.25) is 0 Å². The lowest BCUT2D eigenvalue weighted by Crippen LogP contribution is -2.41. The third kappa shape index (κ3) is 3.28. The number of fused-ring (bicyclic) bond motifs is 1. The van der Waals surface area contributed by atoms with E-state index >= 15 is 0 Å². The summed E-state index contributed by atoms with van der Waals surface area (Å²) < 4.78 is 7.28. The van der Waals surface area contributed by atoms with Crippen LogP contribution >= 0.6 is 0 Å². The van der Waals surface area contributed by atoms with E-state index in [2.05, 4.69) is 10.4 Å². The topological polar surface area (TPSA) is 76.4 Å². The Morgan fingerprint density at radius 3 is 2.92 bits per heavy atom. The first-order valence-corrected chi connectivity index (χ1v) is 8.71. The summed E-state index contributed by atoms with van der Waals surface area (Å²) in [5.41, 5.74) is 2.34. The van der Waals surface area contributed by atoms with E-state index in [1.165, 1.54) is 6.26 Å². The van der Waals surface area contributed by atoms with E-state index in [1.54, 1.807) is 17.0 Å². The lowest BCUT2D eigenvalue weighted by molar-refractivity contribution is -0.119. The van der Waals surface area contributed by atoms with Crippen molar-refractivity contribution >= 4 is 12.0 Å². The number of amides is 1. The number of aryl methyl sites for hydroxylation is 1. The van der Waals surface area contributed by atoms with Crippen LogP contribution in [0.4, 0.5) is 0 Å². The molecule has 1 saturated carbocycles. The minimum atomic E-state index is -0.284. The Kier molecular flexibility index (Phi) is 4.34. The number of ether oxygens (including phenoxy) is 1. The maximum absolute atomic E-state index is 12.9. The fourth-order valence-electron chi connectivity index (χ4n) is 3.45. The number of para-hydroxylation sites is 1. The van der Waals surface area contributed by atoms with Gasteiger partial charge in [0.25, 0.3) is 5.91 Å². The number of nitrogens with one attached hydrogen (secondary N) is 1. The fourth-order valence-corrected chi connectivity index (χ4v) is 3.45. The Hall–Kier alpha value is -2.86. The highest BCUT2D eigenvalue weighted by molar-refractivity contribution is 6.01. The molecule has 2 heterocycles. The molecule has 6 heteroatoms. The monoisotopic (exact) mass is 351 g/mol. The van der Waals surface area contributed by atoms with Gasteiger partial charge in [-0.15, -0.1) is 0 Å². The van der Waals surface area contributed by atoms with Gasteiger partial charge in [-0.05, 0) is 37.0 Å². The highest BCUT2D eigenvalue weighted by atomic mass is 16.5. The van der Waals surface area contributed by atoms with Crippen molar-refractivity contribution in [3.63, 3.8) is 0 Å². The van der Waals surface area contributed by atoms with E-state index in [4.69, 9.17) is 4.74 Å². The molecule has 26 heavy (non-hydrogen) atoms. The Bertz CT molecular complexity index is 878. The molecule has 0 radical (unpaired) electrons. The van der Waals surface area contributed by atoms with Gasteiger partial charge in [-0.25, -0.2) is 0 Å². The minimum Gasteiger partial charge on any atom is -0.464 e. The second kappa shape index (κ2) is 6.80. The number of rotatable bonds is 4. The molecule has 1 amide bonds. The average Bonchev–Trinajstić information content (AvgIpc) is 2.91. The molecule has 2 aliphatic rings. The SMILES string of the molecule is Cn1cc([C@H](NC(=O)C2=Cc3ccccc3OC=C2)C2CC(O)C2)cn1. The summed E-state index contributed by atoms with van der Waals surface area (Å²) in [6.07, 6.45) is 9.78. The molecule has 1 fully saturated rings. The molecular formula is C20H21N3O3. The molecule has 0 saturated heterocycles. The summed E-state index contributed by atoms with van der Waals surface area (Å²) in [5.74, 6) is 0.756. The lowest BCUT2D eigenvalue weighted by Gasteiger charge is -2.37. The third-order valence-electron chi connectivity index (χ3n) is 4.93. The average molecular weight is 351 g/mol. The Labute approximate surface area is 151 Å². The highest BCUT2D eigenvalue weighted by Gasteiger charge is 2.36. The zero-order valence-electron chi connectivity index (χ0n) is 14.5. The number of carbonyl (C=O) groups is 1. The lowest BCUT2D eigenvalue weighted by atomic mass is 9.75. The molecule has 2 aromatic rings. The normalized spacial score (nSPS) is 22.3. The predicted molar refractivity (Wildman–Crippen MR) is 97.0 cm³/mol. The van der Waals surface area contributed by atoms with Crippen molar-refractivity contribution in [1.29, 1.82) is 0 Å². The van der Waals surface area contributed by atoms with Crippen molar-refractivity contribution in [3.05, 3.63) is 65.7 Å². The summed E-state index contributed by atoms with van der Waals surface area (Å²) in [5, 5.41) is 17.0. The number of carbonyl (C=O) groups excluding carboxylic acids is 1. The Morgan fingerprint density at radius 1 is 1.38 bits per heavy atom. The van der Waals surface area contributed by atoms with Crippen LogP contribution in [0.15, 0.2) is 54.6 Å². The van der Waals surface area contributed by atoms with Crippen molar-refractivity contribution < 1.29 is 14.6 Å². The Morgan fingerprint density at radius 2 is 2.19 bits per heavy atom. The van der Waals surface area contributed by atoms with E-state index in [9.17, 15) is 9.90 Å². The zero-order valence-corrected chi connectivity index (χ0v) is 14.5. The number of aromatic nitrogens is 2. The summed E-state index contributed by atoms with van der Waals surface area (Å²) >= 11 is 0. The van der Waals surface area contributed by atoms with Gasteiger partial charge in [0.15, 0.2) is 0 Å². The summed E-state index contributed by atoms with van der Waals surface area (Å²) in [6.45, 7) is 0. The summed E-state index contributed by atoms with van der Waals surface area (Å²) in [6, 6.07) is 7.41. The molecule has 1 atom stereocenters. The molecule has 0 spiro atoms. The fraction of sp³-hybridized carbons (Fsp3) is 0.300. The maximum Gasteiger partial charge on any atom is 0.251 e. The molecule has 4 rings (SSSR count). The third-order valence-corrected chi connectivity index (χ3v) is 4.93. The molecule has 0 bridgehead atoms. The van der Waals surface area contributed by atoms with Gasteiger partial charge in [-0.1, -0.05) is 18.2 Å². The van der Waals surface area contributed by atoms with E-state index in [0.29, 0.717) is 18.4 Å². The molecule has 1 aromatic carbocycles. The van der Waals surface area contributed by atoms with E-state index < -0.39 is 0 Å². The van der Waals surface area contributed by atoms with E-state index in [-0.39, 0.29) is 24.0 Å². The van der Waals surface area contributed by atoms with Crippen molar-refractivity contribution in [2.75, 3.05) is 0 Å². The van der Waals surface area contributed by atoms with Gasteiger partial charge in [-0.2, -0.15) is 5.10 Å². The molecule has 134 valence electrons. The summed E-state index contributed by atoms with van der Waals surface area (Å²) in [4.78, 5) is 12.9. The van der Waals surface area contributed by atoms with Gasteiger partial charge < -0.3 is 15.2 Å².